The van der Waals surface area contributed by atoms with Crippen LogP contribution in [0.3, 0.4) is 0 Å². The number of thioether (sulfide) groups is 1. The average Bonchev–Trinajstić information content (AvgIpc) is 3.17. The third kappa shape index (κ3) is 4.35. The number of aryl methyl sites for hydroxylation is 1. The summed E-state index contributed by atoms with van der Waals surface area (Å²) in [6.07, 6.45) is 1.78. The summed E-state index contributed by atoms with van der Waals surface area (Å²) in [5.41, 5.74) is 1.95. The van der Waals surface area contributed by atoms with Crippen molar-refractivity contribution in [3.8, 4) is 0 Å². The van der Waals surface area contributed by atoms with Crippen LogP contribution in [-0.4, -0.2) is 56.8 Å². The Morgan fingerprint density at radius 1 is 1.38 bits per heavy atom. The van der Waals surface area contributed by atoms with Crippen molar-refractivity contribution in [1.29, 1.82) is 0 Å². The van der Waals surface area contributed by atoms with Crippen LogP contribution in [-0.2, 0) is 6.54 Å². The van der Waals surface area contributed by atoms with Crippen LogP contribution >= 0.6 is 34.7 Å². The molecular formula is C16H19ClN6OS2. The lowest BCUT2D eigenvalue weighted by atomic mass is 10.3. The lowest BCUT2D eigenvalue weighted by Crippen LogP contribution is -2.25. The second-order valence-corrected chi connectivity index (χ2v) is 8.75. The van der Waals surface area contributed by atoms with Crippen LogP contribution in [0, 0.1) is 6.92 Å². The van der Waals surface area contributed by atoms with Crippen molar-refractivity contribution in [1.82, 2.24) is 29.8 Å². The van der Waals surface area contributed by atoms with E-state index in [0.717, 1.165) is 27.3 Å². The zero-order valence-electron chi connectivity index (χ0n) is 14.7. The number of aromatic nitrogens is 4. The molecule has 10 heteroatoms. The van der Waals surface area contributed by atoms with Crippen LogP contribution in [0.2, 0.25) is 5.02 Å². The maximum atomic E-state index is 12.5. The van der Waals surface area contributed by atoms with E-state index < -0.39 is 0 Å². The van der Waals surface area contributed by atoms with Crippen LogP contribution in [0.5, 0.6) is 0 Å². The Morgan fingerprint density at radius 2 is 2.19 bits per heavy atom. The van der Waals surface area contributed by atoms with Gasteiger partial charge in [0, 0.05) is 39.1 Å². The van der Waals surface area contributed by atoms with E-state index in [1.165, 1.54) is 4.90 Å². The number of hydrogen-bond acceptors (Lipinski definition) is 7. The Morgan fingerprint density at radius 3 is 2.88 bits per heavy atom. The second-order valence-electron chi connectivity index (χ2n) is 5.79. The zero-order valence-corrected chi connectivity index (χ0v) is 17.1. The van der Waals surface area contributed by atoms with E-state index in [9.17, 15) is 4.79 Å². The smallest absolute Gasteiger partial charge is 0.273 e. The molecule has 7 nitrogen and oxygen atoms in total. The van der Waals surface area contributed by atoms with Gasteiger partial charge in [0.05, 0.1) is 10.7 Å². The van der Waals surface area contributed by atoms with Crippen LogP contribution in [0.4, 0.5) is 0 Å². The van der Waals surface area contributed by atoms with Gasteiger partial charge in [0.1, 0.15) is 10.7 Å². The van der Waals surface area contributed by atoms with Crippen molar-refractivity contribution in [2.24, 2.45) is 0 Å². The van der Waals surface area contributed by atoms with Crippen molar-refractivity contribution < 1.29 is 4.79 Å². The van der Waals surface area contributed by atoms with Gasteiger partial charge >= 0.3 is 0 Å². The topological polar surface area (TPSA) is 75.4 Å². The second kappa shape index (κ2) is 8.34. The maximum Gasteiger partial charge on any atom is 0.273 e. The Labute approximate surface area is 164 Å². The number of hydrogen-bond donors (Lipinski definition) is 1. The Hall–Kier alpha value is -1.68. The number of fused-ring (bicyclic) bond motifs is 1. The number of nitrogens with zero attached hydrogens (tertiary/aromatic N) is 5. The molecule has 1 amide bonds. The first-order valence-corrected chi connectivity index (χ1v) is 10.2. The number of imidazole rings is 1. The Kier molecular flexibility index (Phi) is 6.13. The van der Waals surface area contributed by atoms with Crippen molar-refractivity contribution in [2.45, 2.75) is 17.8 Å². The molecule has 0 unspecified atom stereocenters. The number of carbonyl (C=O) groups is 1. The molecule has 0 spiro atoms. The van der Waals surface area contributed by atoms with Crippen LogP contribution in [0.15, 0.2) is 22.7 Å². The molecule has 0 aliphatic heterocycles. The molecule has 0 bridgehead atoms. The van der Waals surface area contributed by atoms with Gasteiger partial charge in [0.15, 0.2) is 10.0 Å². The van der Waals surface area contributed by atoms with Crippen LogP contribution in [0.1, 0.15) is 21.2 Å². The van der Waals surface area contributed by atoms with Gasteiger partial charge in [0.2, 0.25) is 0 Å². The molecular weight excluding hydrogens is 392 g/mol. The summed E-state index contributed by atoms with van der Waals surface area (Å²) in [6.45, 7) is 3.23. The van der Waals surface area contributed by atoms with Gasteiger partial charge in [-0.1, -0.05) is 34.7 Å². The highest BCUT2D eigenvalue weighted by molar-refractivity contribution is 8.01. The summed E-state index contributed by atoms with van der Waals surface area (Å²) in [6, 6.07) is 3.58. The standard InChI is InChI=1S/C16H19ClN6OS2/c1-10-20-21-16(26-10)25-7-6-18-8-12-14(15(24)22(2)3)19-13-5-4-11(17)9-23(12)13/h4-5,9,18H,6-8H2,1-3H3. The fourth-order valence-corrected chi connectivity index (χ4v) is 4.32. The summed E-state index contributed by atoms with van der Waals surface area (Å²) in [5.74, 6) is 0.739. The molecule has 0 atom stereocenters. The van der Waals surface area contributed by atoms with Crippen LogP contribution in [0.25, 0.3) is 5.65 Å². The zero-order chi connectivity index (χ0) is 18.7. The van der Waals surface area contributed by atoms with E-state index in [1.54, 1.807) is 49.5 Å². The predicted molar refractivity (Wildman–Crippen MR) is 105 cm³/mol. The van der Waals surface area contributed by atoms with Crippen molar-refractivity contribution in [3.05, 3.63) is 39.7 Å². The van der Waals surface area contributed by atoms with Gasteiger partial charge in [-0.15, -0.1) is 10.2 Å². The minimum atomic E-state index is -0.125. The summed E-state index contributed by atoms with van der Waals surface area (Å²) in [5, 5.41) is 13.0. The lowest BCUT2D eigenvalue weighted by Gasteiger charge is -2.11. The molecule has 0 saturated carbocycles. The highest BCUT2D eigenvalue weighted by Gasteiger charge is 2.20. The minimum absolute atomic E-state index is 0.125. The molecule has 3 rings (SSSR count). The van der Waals surface area contributed by atoms with Crippen molar-refractivity contribution in [2.75, 3.05) is 26.4 Å². The Balaban J connectivity index is 1.69. The third-order valence-electron chi connectivity index (χ3n) is 3.59. The van der Waals surface area contributed by atoms with Crippen molar-refractivity contribution in [3.63, 3.8) is 0 Å². The summed E-state index contributed by atoms with van der Waals surface area (Å²) in [4.78, 5) is 18.5. The van der Waals surface area contributed by atoms with Crippen LogP contribution < -0.4 is 5.32 Å². The largest absolute Gasteiger partial charge is 0.343 e. The number of pyridine rings is 1. The van der Waals surface area contributed by atoms with Gasteiger partial charge in [-0.05, 0) is 19.1 Å². The number of carbonyl (C=O) groups excluding carboxylic acids is 1. The van der Waals surface area contributed by atoms with Gasteiger partial charge in [0.25, 0.3) is 5.91 Å². The number of nitrogens with one attached hydrogen (secondary N) is 1. The SMILES string of the molecule is Cc1nnc(SCCNCc2c(C(=O)N(C)C)nc3ccc(Cl)cn23)s1. The summed E-state index contributed by atoms with van der Waals surface area (Å²) >= 11 is 9.37. The van der Waals surface area contributed by atoms with E-state index in [1.807, 2.05) is 17.4 Å². The molecule has 3 aromatic heterocycles. The average molecular weight is 411 g/mol. The summed E-state index contributed by atoms with van der Waals surface area (Å²) < 4.78 is 2.84. The number of rotatable bonds is 7. The highest BCUT2D eigenvalue weighted by Crippen LogP contribution is 2.21. The summed E-state index contributed by atoms with van der Waals surface area (Å²) in [7, 11) is 3.44. The molecule has 0 aliphatic rings. The first-order chi connectivity index (χ1) is 12.5. The van der Waals surface area contributed by atoms with Crippen molar-refractivity contribution >= 4 is 46.3 Å². The van der Waals surface area contributed by atoms with E-state index in [2.05, 4.69) is 20.5 Å². The normalized spacial score (nSPS) is 11.2. The quantitative estimate of drug-likeness (QED) is 0.476. The lowest BCUT2D eigenvalue weighted by molar-refractivity contribution is 0.0821. The van der Waals surface area contributed by atoms with E-state index in [0.29, 0.717) is 22.9 Å². The third-order valence-corrected chi connectivity index (χ3v) is 5.79. The maximum absolute atomic E-state index is 12.5. The van der Waals surface area contributed by atoms with Gasteiger partial charge in [-0.2, -0.15) is 0 Å². The van der Waals surface area contributed by atoms with Gasteiger partial charge in [-0.3, -0.25) is 4.79 Å². The molecule has 138 valence electrons. The highest BCUT2D eigenvalue weighted by atomic mass is 35.5. The molecule has 26 heavy (non-hydrogen) atoms. The van der Waals surface area contributed by atoms with Gasteiger partial charge in [-0.25, -0.2) is 4.98 Å². The first kappa shape index (κ1) is 19.1. The molecule has 3 heterocycles. The number of amides is 1. The van der Waals surface area contributed by atoms with Gasteiger partial charge < -0.3 is 14.6 Å². The Bertz CT molecular complexity index is 923. The molecule has 0 fully saturated rings. The molecule has 1 N–H and O–H groups in total. The molecule has 0 aromatic carbocycles. The fraction of sp³-hybridized carbons (Fsp3) is 0.375. The molecule has 0 saturated heterocycles. The number of halogens is 1. The first-order valence-electron chi connectivity index (χ1n) is 7.97. The molecule has 0 radical (unpaired) electrons. The monoisotopic (exact) mass is 410 g/mol. The molecule has 0 aliphatic carbocycles. The molecule has 3 aromatic rings. The predicted octanol–water partition coefficient (Wildman–Crippen LogP) is 2.73. The van der Waals surface area contributed by atoms with E-state index in [-0.39, 0.29) is 5.91 Å². The van der Waals surface area contributed by atoms with E-state index >= 15 is 0 Å². The fourth-order valence-electron chi connectivity index (χ4n) is 2.37. The van der Waals surface area contributed by atoms with E-state index in [4.69, 9.17) is 11.6 Å². The minimum Gasteiger partial charge on any atom is -0.343 e.